The van der Waals surface area contributed by atoms with Crippen LogP contribution in [0.1, 0.15) is 80.4 Å². The largest absolute Gasteiger partial charge is 0.365 e. The van der Waals surface area contributed by atoms with Crippen molar-refractivity contribution in [2.24, 2.45) is 16.6 Å². The van der Waals surface area contributed by atoms with E-state index in [1.54, 1.807) is 23.1 Å². The minimum atomic E-state index is -0.632. The Morgan fingerprint density at radius 3 is 1.60 bits per heavy atom. The molecule has 2 aromatic rings. The number of urea groups is 1. The molecular weight excluding hydrogens is 636 g/mol. The number of benzene rings is 2. The summed E-state index contributed by atoms with van der Waals surface area (Å²) in [5, 5.41) is 21.9. The van der Waals surface area contributed by atoms with Crippen LogP contribution in [-0.4, -0.2) is 92.9 Å². The minimum absolute atomic E-state index is 0.00000115. The predicted octanol–water partition coefficient (Wildman–Crippen LogP) is 6.40. The second kappa shape index (κ2) is 18.9. The summed E-state index contributed by atoms with van der Waals surface area (Å²) in [6.07, 6.45) is 0. The van der Waals surface area contributed by atoms with Crippen LogP contribution in [0.15, 0.2) is 29.4 Å². The average Bonchev–Trinajstić information content (AvgIpc) is 3.05. The van der Waals surface area contributed by atoms with Crippen molar-refractivity contribution in [3.8, 4) is 0 Å². The van der Waals surface area contributed by atoms with Crippen LogP contribution in [0.3, 0.4) is 0 Å². The maximum Gasteiger partial charge on any atom is 0.323 e. The summed E-state index contributed by atoms with van der Waals surface area (Å²) in [5.74, 6) is 0. The molecule has 2 aromatic carbocycles. The van der Waals surface area contributed by atoms with E-state index in [9.17, 15) is 19.8 Å². The maximum absolute atomic E-state index is 14.1. The fourth-order valence-electron chi connectivity index (χ4n) is 5.83. The van der Waals surface area contributed by atoms with Gasteiger partial charge < -0.3 is 41.7 Å². The van der Waals surface area contributed by atoms with E-state index < -0.39 is 16.4 Å². The number of nitro groups is 1. The molecule has 0 fully saturated rings. The molecule has 0 aliphatic carbocycles. The SMILES string of the molecule is CCN(CC)CCN(CCN)c1c(N=O)cc(C(C)(C)C)cc1NC(=O)Nc1cc(C(C)(C)C)cc([N+](=O)[O-])c1N(CN)CCN(CC)CC. The molecule has 14 heteroatoms. The Bertz CT molecular complexity index is 1430. The zero-order valence-electron chi connectivity index (χ0n) is 32.1. The molecule has 0 heterocycles. The first kappa shape index (κ1) is 42.3. The van der Waals surface area contributed by atoms with Crippen LogP contribution in [0.25, 0.3) is 0 Å². The second-order valence-corrected chi connectivity index (χ2v) is 14.5. The Balaban J connectivity index is 2.76. The first-order valence-corrected chi connectivity index (χ1v) is 17.8. The third-order valence-electron chi connectivity index (χ3n) is 9.12. The summed E-state index contributed by atoms with van der Waals surface area (Å²) in [6, 6.07) is 6.32. The number of hydrogen-bond acceptors (Lipinski definition) is 11. The summed E-state index contributed by atoms with van der Waals surface area (Å²) < 4.78 is 0. The van der Waals surface area contributed by atoms with Crippen LogP contribution in [0.5, 0.6) is 0 Å². The van der Waals surface area contributed by atoms with Gasteiger partial charge in [0, 0.05) is 45.3 Å². The van der Waals surface area contributed by atoms with E-state index in [-0.39, 0.29) is 34.8 Å². The molecule has 0 aromatic heterocycles. The lowest BCUT2D eigenvalue weighted by Gasteiger charge is -2.32. The number of carbonyl (C=O) groups is 1. The third kappa shape index (κ3) is 11.3. The number of nitroso groups, excluding NO2 is 1. The first-order valence-electron chi connectivity index (χ1n) is 17.8. The summed E-state index contributed by atoms with van der Waals surface area (Å²) in [4.78, 5) is 46.8. The van der Waals surface area contributed by atoms with Gasteiger partial charge in [-0.1, -0.05) is 69.2 Å². The van der Waals surface area contributed by atoms with E-state index in [1.807, 2.05) is 52.5 Å². The Hall–Kier alpha value is -3.85. The molecule has 0 radical (unpaired) electrons. The molecule has 0 aliphatic rings. The molecule has 0 atom stereocenters. The van der Waals surface area contributed by atoms with Crippen LogP contribution in [0, 0.1) is 15.0 Å². The van der Waals surface area contributed by atoms with E-state index in [2.05, 4.69) is 53.3 Å². The molecule has 0 aliphatic heterocycles. The van der Waals surface area contributed by atoms with Gasteiger partial charge in [0.1, 0.15) is 11.4 Å². The van der Waals surface area contributed by atoms with Crippen molar-refractivity contribution in [3.63, 3.8) is 0 Å². The molecule has 14 nitrogen and oxygen atoms in total. The van der Waals surface area contributed by atoms with Crippen LogP contribution >= 0.6 is 0 Å². The summed E-state index contributed by atoms with van der Waals surface area (Å²) in [6.45, 7) is 26.6. The fraction of sp³-hybridized carbons (Fsp3) is 0.639. The van der Waals surface area contributed by atoms with Crippen molar-refractivity contribution in [3.05, 3.63) is 50.4 Å². The Morgan fingerprint density at radius 2 is 1.20 bits per heavy atom. The number of rotatable bonds is 19. The van der Waals surface area contributed by atoms with Gasteiger partial charge in [-0.05, 0) is 71.5 Å². The second-order valence-electron chi connectivity index (χ2n) is 14.5. The number of nitrogens with two attached hydrogens (primary N) is 2. The highest BCUT2D eigenvalue weighted by Gasteiger charge is 2.30. The van der Waals surface area contributed by atoms with Crippen molar-refractivity contribution in [1.82, 2.24) is 9.80 Å². The number of nitrogens with one attached hydrogen (secondary N) is 2. The molecule has 280 valence electrons. The molecular formula is C36H62N10O4. The van der Waals surface area contributed by atoms with E-state index in [1.165, 1.54) is 0 Å². The smallest absolute Gasteiger partial charge is 0.323 e. The van der Waals surface area contributed by atoms with Crippen LogP contribution in [0.4, 0.5) is 38.9 Å². The summed E-state index contributed by atoms with van der Waals surface area (Å²) in [7, 11) is 0. The molecule has 6 N–H and O–H groups in total. The van der Waals surface area contributed by atoms with Crippen molar-refractivity contribution < 1.29 is 9.72 Å². The number of nitrogens with zero attached hydrogens (tertiary/aromatic N) is 6. The van der Waals surface area contributed by atoms with Gasteiger partial charge in [0.2, 0.25) is 0 Å². The van der Waals surface area contributed by atoms with Crippen molar-refractivity contribution in [2.75, 3.05) is 92.5 Å². The Labute approximate surface area is 299 Å². The summed E-state index contributed by atoms with van der Waals surface area (Å²) in [5.41, 5.74) is 14.3. The van der Waals surface area contributed by atoms with Gasteiger partial charge >= 0.3 is 6.03 Å². The molecule has 0 bridgehead atoms. The van der Waals surface area contributed by atoms with Gasteiger partial charge in [0.25, 0.3) is 5.69 Å². The van der Waals surface area contributed by atoms with E-state index in [0.29, 0.717) is 56.2 Å². The quantitative estimate of drug-likeness (QED) is 0.0555. The fourth-order valence-corrected chi connectivity index (χ4v) is 5.83. The van der Waals surface area contributed by atoms with Crippen LogP contribution < -0.4 is 31.9 Å². The van der Waals surface area contributed by atoms with Crippen molar-refractivity contribution in [1.29, 1.82) is 0 Å². The van der Waals surface area contributed by atoms with Gasteiger partial charge in [0.05, 0.1) is 28.7 Å². The number of likely N-dealkylation sites (N-methyl/N-ethyl adjacent to an activating group) is 2. The first-order chi connectivity index (χ1) is 23.5. The number of carbonyl (C=O) groups excluding carboxylic acids is 1. The number of amides is 2. The molecule has 0 saturated carbocycles. The molecule has 0 saturated heterocycles. The molecule has 0 unspecified atom stereocenters. The Morgan fingerprint density at radius 1 is 0.740 bits per heavy atom. The topological polar surface area (TPSA) is 179 Å². The number of anilines is 4. The van der Waals surface area contributed by atoms with Gasteiger partial charge in [-0.25, -0.2) is 4.79 Å². The molecule has 0 spiro atoms. The minimum Gasteiger partial charge on any atom is -0.365 e. The average molecular weight is 699 g/mol. The summed E-state index contributed by atoms with van der Waals surface area (Å²) >= 11 is 0. The lowest BCUT2D eigenvalue weighted by Crippen LogP contribution is -2.39. The normalized spacial score (nSPS) is 12.0. The van der Waals surface area contributed by atoms with Gasteiger partial charge in [-0.3, -0.25) is 10.1 Å². The van der Waals surface area contributed by atoms with E-state index >= 15 is 0 Å². The Kier molecular flexibility index (Phi) is 16.0. The highest BCUT2D eigenvalue weighted by molar-refractivity contribution is 6.05. The highest BCUT2D eigenvalue weighted by atomic mass is 16.6. The lowest BCUT2D eigenvalue weighted by molar-refractivity contribution is -0.384. The van der Waals surface area contributed by atoms with E-state index in [4.69, 9.17) is 11.5 Å². The molecule has 50 heavy (non-hydrogen) atoms. The monoisotopic (exact) mass is 698 g/mol. The van der Waals surface area contributed by atoms with E-state index in [0.717, 1.165) is 31.7 Å². The van der Waals surface area contributed by atoms with Gasteiger partial charge in [0.15, 0.2) is 0 Å². The molecule has 2 amide bonds. The zero-order chi connectivity index (χ0) is 37.8. The van der Waals surface area contributed by atoms with Gasteiger partial charge in [-0.2, -0.15) is 0 Å². The number of nitro benzene ring substituents is 1. The van der Waals surface area contributed by atoms with Crippen LogP contribution in [0.2, 0.25) is 0 Å². The highest BCUT2D eigenvalue weighted by Crippen LogP contribution is 2.43. The lowest BCUT2D eigenvalue weighted by atomic mass is 9.86. The maximum atomic E-state index is 14.1. The molecule has 2 rings (SSSR count). The zero-order valence-corrected chi connectivity index (χ0v) is 32.1. The number of hydrogen-bond donors (Lipinski definition) is 4. The predicted molar refractivity (Wildman–Crippen MR) is 208 cm³/mol. The van der Waals surface area contributed by atoms with Gasteiger partial charge in [-0.15, -0.1) is 4.91 Å². The third-order valence-corrected chi connectivity index (χ3v) is 9.12. The standard InChI is InChI=1S/C36H62N10O4/c1-11-42(12-2)17-19-44(16-15-37)32-28(21-26(35(5,6)7)23-30(32)41-48)39-34(47)40-29-22-27(36(8,9)10)24-31(46(49)50)33(29)45(25-38)20-18-43(13-3)14-4/h21-24H,11-20,25,37-38H2,1-10H3,(H2,39,40,47). The van der Waals surface area contributed by atoms with Crippen molar-refractivity contribution in [2.45, 2.75) is 80.1 Å². The van der Waals surface area contributed by atoms with Crippen LogP contribution in [-0.2, 0) is 10.8 Å². The van der Waals surface area contributed by atoms with Crippen molar-refractivity contribution >= 4 is 40.2 Å².